The van der Waals surface area contributed by atoms with Crippen LogP contribution in [0.25, 0.3) is 0 Å². The third-order valence-electron chi connectivity index (χ3n) is 2.98. The number of hydrogen-bond donors (Lipinski definition) is 1. The molecular weight excluding hydrogens is 212 g/mol. The summed E-state index contributed by atoms with van der Waals surface area (Å²) in [4.78, 5) is 0. The number of aliphatic hydroxyl groups excluding tert-OH is 1. The van der Waals surface area contributed by atoms with Crippen molar-refractivity contribution in [3.8, 4) is 5.75 Å². The molecule has 0 aromatic heterocycles. The summed E-state index contributed by atoms with van der Waals surface area (Å²) in [6, 6.07) is 5.58. The van der Waals surface area contributed by atoms with Gasteiger partial charge in [0.2, 0.25) is 0 Å². The summed E-state index contributed by atoms with van der Waals surface area (Å²) in [5.41, 5.74) is 1.04. The minimum atomic E-state index is 0.168. The number of benzene rings is 1. The van der Waals surface area contributed by atoms with E-state index in [0.717, 1.165) is 11.3 Å². The Morgan fingerprint density at radius 1 is 1.53 bits per heavy atom. The molecule has 1 saturated carbocycles. The van der Waals surface area contributed by atoms with Crippen molar-refractivity contribution >= 4 is 11.6 Å². The fraction of sp³-hybridized carbons (Fsp3) is 0.500. The molecule has 0 saturated heterocycles. The van der Waals surface area contributed by atoms with Crippen molar-refractivity contribution in [3.63, 3.8) is 0 Å². The van der Waals surface area contributed by atoms with Gasteiger partial charge in [-0.15, -0.1) is 0 Å². The Hall–Kier alpha value is -0.730. The lowest BCUT2D eigenvalue weighted by molar-refractivity contribution is 0.249. The van der Waals surface area contributed by atoms with Crippen LogP contribution >= 0.6 is 11.6 Å². The van der Waals surface area contributed by atoms with Crippen molar-refractivity contribution < 1.29 is 9.84 Å². The van der Waals surface area contributed by atoms with Gasteiger partial charge in [0.05, 0.1) is 13.7 Å². The van der Waals surface area contributed by atoms with Gasteiger partial charge in [0.25, 0.3) is 0 Å². The Labute approximate surface area is 94.8 Å². The van der Waals surface area contributed by atoms with Crippen LogP contribution in [0.15, 0.2) is 18.2 Å². The average molecular weight is 227 g/mol. The summed E-state index contributed by atoms with van der Waals surface area (Å²) >= 11 is 5.96. The van der Waals surface area contributed by atoms with Crippen LogP contribution in [0, 0.1) is 5.92 Å². The van der Waals surface area contributed by atoms with Crippen LogP contribution in [0.2, 0.25) is 5.02 Å². The normalized spacial score (nSPS) is 17.5. The molecule has 1 aromatic carbocycles. The molecule has 3 heteroatoms. The Bertz CT molecular complexity index is 347. The lowest BCUT2D eigenvalue weighted by Crippen LogP contribution is -2.08. The number of hydrogen-bond acceptors (Lipinski definition) is 2. The van der Waals surface area contributed by atoms with Gasteiger partial charge in [-0.1, -0.05) is 11.6 Å². The molecular formula is C12H15ClO2. The second-order valence-electron chi connectivity index (χ2n) is 4.01. The van der Waals surface area contributed by atoms with Gasteiger partial charge < -0.3 is 9.84 Å². The molecule has 1 aromatic rings. The van der Waals surface area contributed by atoms with Gasteiger partial charge in [-0.3, -0.25) is 0 Å². The van der Waals surface area contributed by atoms with Crippen molar-refractivity contribution in [2.24, 2.45) is 5.92 Å². The highest BCUT2D eigenvalue weighted by Crippen LogP contribution is 2.45. The maximum Gasteiger partial charge on any atom is 0.122 e. The molecule has 0 spiro atoms. The van der Waals surface area contributed by atoms with E-state index in [4.69, 9.17) is 16.3 Å². The van der Waals surface area contributed by atoms with Crippen LogP contribution in [0.3, 0.4) is 0 Å². The molecule has 0 aliphatic heterocycles. The lowest BCUT2D eigenvalue weighted by Gasteiger charge is -2.17. The molecule has 1 fully saturated rings. The van der Waals surface area contributed by atoms with E-state index in [-0.39, 0.29) is 12.5 Å². The van der Waals surface area contributed by atoms with Crippen LogP contribution in [-0.2, 0) is 0 Å². The van der Waals surface area contributed by atoms with Crippen LogP contribution in [0.1, 0.15) is 24.3 Å². The fourth-order valence-electron chi connectivity index (χ4n) is 1.99. The zero-order valence-corrected chi connectivity index (χ0v) is 9.50. The highest BCUT2D eigenvalue weighted by molar-refractivity contribution is 6.30. The Morgan fingerprint density at radius 2 is 2.27 bits per heavy atom. The number of aliphatic hydroxyl groups is 1. The summed E-state index contributed by atoms with van der Waals surface area (Å²) in [6.45, 7) is 0.168. The molecule has 82 valence electrons. The van der Waals surface area contributed by atoms with E-state index in [9.17, 15) is 5.11 Å². The molecule has 2 rings (SSSR count). The standard InChI is InChI=1S/C12H15ClO2/c1-15-12-5-4-9(13)6-10(12)11(7-14)8-2-3-8/h4-6,8,11,14H,2-3,7H2,1H3. The van der Waals surface area contributed by atoms with Gasteiger partial charge >= 0.3 is 0 Å². The summed E-state index contributed by atoms with van der Waals surface area (Å²) in [7, 11) is 1.65. The van der Waals surface area contributed by atoms with Crippen molar-refractivity contribution in [3.05, 3.63) is 28.8 Å². The second-order valence-corrected chi connectivity index (χ2v) is 4.45. The maximum absolute atomic E-state index is 9.40. The first-order valence-electron chi connectivity index (χ1n) is 5.20. The van der Waals surface area contributed by atoms with Gasteiger partial charge in [0.1, 0.15) is 5.75 Å². The van der Waals surface area contributed by atoms with Gasteiger partial charge in [-0.05, 0) is 37.0 Å². The van der Waals surface area contributed by atoms with E-state index in [2.05, 4.69) is 0 Å². The van der Waals surface area contributed by atoms with Crippen molar-refractivity contribution in [1.29, 1.82) is 0 Å². The summed E-state index contributed by atoms with van der Waals surface area (Å²) < 4.78 is 5.29. The molecule has 0 heterocycles. The molecule has 0 amide bonds. The van der Waals surface area contributed by atoms with Crippen molar-refractivity contribution in [1.82, 2.24) is 0 Å². The van der Waals surface area contributed by atoms with E-state index in [1.165, 1.54) is 12.8 Å². The molecule has 1 N–H and O–H groups in total. The lowest BCUT2D eigenvalue weighted by atomic mass is 9.94. The van der Waals surface area contributed by atoms with Crippen LogP contribution in [0.5, 0.6) is 5.75 Å². The minimum Gasteiger partial charge on any atom is -0.496 e. The monoisotopic (exact) mass is 226 g/mol. The first-order valence-corrected chi connectivity index (χ1v) is 5.58. The van der Waals surface area contributed by atoms with Crippen LogP contribution < -0.4 is 4.74 Å². The topological polar surface area (TPSA) is 29.5 Å². The molecule has 2 nitrogen and oxygen atoms in total. The molecule has 1 aliphatic rings. The number of halogens is 1. The second kappa shape index (κ2) is 4.42. The zero-order chi connectivity index (χ0) is 10.8. The number of rotatable bonds is 4. The first kappa shape index (κ1) is 10.8. The summed E-state index contributed by atoms with van der Waals surface area (Å²) in [5, 5.41) is 10.1. The zero-order valence-electron chi connectivity index (χ0n) is 8.74. The van der Waals surface area contributed by atoms with Gasteiger partial charge in [0.15, 0.2) is 0 Å². The molecule has 15 heavy (non-hydrogen) atoms. The maximum atomic E-state index is 9.40. The van der Waals surface area contributed by atoms with E-state index in [1.54, 1.807) is 7.11 Å². The smallest absolute Gasteiger partial charge is 0.122 e. The number of methoxy groups -OCH3 is 1. The van der Waals surface area contributed by atoms with E-state index < -0.39 is 0 Å². The fourth-order valence-corrected chi connectivity index (χ4v) is 2.18. The average Bonchev–Trinajstić information content (AvgIpc) is 3.04. The molecule has 0 bridgehead atoms. The molecule has 1 atom stereocenters. The van der Waals surface area contributed by atoms with Gasteiger partial charge in [-0.25, -0.2) is 0 Å². The molecule has 1 aliphatic carbocycles. The van der Waals surface area contributed by atoms with Gasteiger partial charge in [0, 0.05) is 16.5 Å². The SMILES string of the molecule is COc1ccc(Cl)cc1C(CO)C1CC1. The van der Waals surface area contributed by atoms with Crippen molar-refractivity contribution in [2.75, 3.05) is 13.7 Å². The predicted octanol–water partition coefficient (Wildman–Crippen LogP) is 2.83. The third-order valence-corrected chi connectivity index (χ3v) is 3.21. The highest BCUT2D eigenvalue weighted by Gasteiger charge is 2.33. The quantitative estimate of drug-likeness (QED) is 0.856. The highest BCUT2D eigenvalue weighted by atomic mass is 35.5. The van der Waals surface area contributed by atoms with E-state index in [1.807, 2.05) is 18.2 Å². The summed E-state index contributed by atoms with van der Waals surface area (Å²) in [5.74, 6) is 1.60. The molecule has 0 radical (unpaired) electrons. The number of ether oxygens (including phenoxy) is 1. The Kier molecular flexibility index (Phi) is 3.17. The molecule has 1 unspecified atom stereocenters. The largest absolute Gasteiger partial charge is 0.496 e. The Balaban J connectivity index is 2.34. The third kappa shape index (κ3) is 2.27. The van der Waals surface area contributed by atoms with Crippen LogP contribution in [0.4, 0.5) is 0 Å². The van der Waals surface area contributed by atoms with Gasteiger partial charge in [-0.2, -0.15) is 0 Å². The first-order chi connectivity index (χ1) is 7.26. The predicted molar refractivity (Wildman–Crippen MR) is 60.6 cm³/mol. The van der Waals surface area contributed by atoms with Crippen molar-refractivity contribution in [2.45, 2.75) is 18.8 Å². The summed E-state index contributed by atoms with van der Waals surface area (Å²) in [6.07, 6.45) is 2.39. The van der Waals surface area contributed by atoms with E-state index in [0.29, 0.717) is 10.9 Å². The van der Waals surface area contributed by atoms with E-state index >= 15 is 0 Å². The Morgan fingerprint density at radius 3 is 2.80 bits per heavy atom. The van der Waals surface area contributed by atoms with Crippen LogP contribution in [-0.4, -0.2) is 18.8 Å². The minimum absolute atomic E-state index is 0.168.